The van der Waals surface area contributed by atoms with Gasteiger partial charge in [-0.05, 0) is 24.6 Å². The van der Waals surface area contributed by atoms with E-state index in [4.69, 9.17) is 4.74 Å². The van der Waals surface area contributed by atoms with Crippen molar-refractivity contribution in [3.8, 4) is 23.0 Å². The normalized spacial score (nSPS) is 10.6. The number of aromatic amines is 1. The van der Waals surface area contributed by atoms with Crippen molar-refractivity contribution in [2.24, 2.45) is 0 Å². The van der Waals surface area contributed by atoms with Gasteiger partial charge in [-0.1, -0.05) is 13.3 Å². The van der Waals surface area contributed by atoms with E-state index in [9.17, 15) is 14.3 Å². The Bertz CT molecular complexity index is 683. The summed E-state index contributed by atoms with van der Waals surface area (Å²) < 4.78 is 18.2. The molecule has 0 aliphatic rings. The molecule has 2 N–H and O–H groups in total. The summed E-state index contributed by atoms with van der Waals surface area (Å²) in [4.78, 5) is 18.4. The predicted molar refractivity (Wildman–Crippen MR) is 72.5 cm³/mol. The van der Waals surface area contributed by atoms with Crippen molar-refractivity contribution in [3.63, 3.8) is 0 Å². The van der Waals surface area contributed by atoms with E-state index in [1.165, 1.54) is 25.3 Å². The zero-order valence-corrected chi connectivity index (χ0v) is 11.2. The Balaban J connectivity index is 2.51. The standard InChI is InChI=1S/C14H15FN2O3/c1-3-4-9-13(18)16-12(17-14(9)19)8-5-6-10(15)11(7-8)20-2/h5-7H,3-4H2,1-2H3,(H2,16,17,18,19). The van der Waals surface area contributed by atoms with Crippen LogP contribution in [0.3, 0.4) is 0 Å². The molecule has 0 radical (unpaired) electrons. The fourth-order valence-electron chi connectivity index (χ4n) is 1.91. The molecule has 1 aromatic carbocycles. The van der Waals surface area contributed by atoms with Gasteiger partial charge in [0.2, 0.25) is 5.88 Å². The molecule has 0 atom stereocenters. The lowest BCUT2D eigenvalue weighted by Gasteiger charge is -2.07. The number of hydrogen-bond donors (Lipinski definition) is 2. The Morgan fingerprint density at radius 1 is 1.45 bits per heavy atom. The molecule has 0 bridgehead atoms. The SMILES string of the molecule is CCCc1c(O)nc(-c2ccc(F)c(OC)c2)[nH]c1=O. The van der Waals surface area contributed by atoms with Crippen molar-refractivity contribution >= 4 is 0 Å². The molecule has 0 spiro atoms. The highest BCUT2D eigenvalue weighted by Gasteiger charge is 2.12. The number of nitrogens with zero attached hydrogens (tertiary/aromatic N) is 1. The van der Waals surface area contributed by atoms with E-state index in [1.807, 2.05) is 6.92 Å². The summed E-state index contributed by atoms with van der Waals surface area (Å²) in [6, 6.07) is 4.08. The van der Waals surface area contributed by atoms with Gasteiger partial charge in [-0.25, -0.2) is 4.39 Å². The molecule has 1 heterocycles. The van der Waals surface area contributed by atoms with Crippen LogP contribution in [-0.4, -0.2) is 22.2 Å². The van der Waals surface area contributed by atoms with Crippen LogP contribution in [0.15, 0.2) is 23.0 Å². The number of benzene rings is 1. The minimum absolute atomic E-state index is 0.0438. The van der Waals surface area contributed by atoms with Crippen molar-refractivity contribution in [2.45, 2.75) is 19.8 Å². The Labute approximate surface area is 115 Å². The molecule has 0 aliphatic heterocycles. The van der Waals surface area contributed by atoms with E-state index in [-0.39, 0.29) is 23.0 Å². The van der Waals surface area contributed by atoms with Crippen LogP contribution in [0.4, 0.5) is 4.39 Å². The number of aromatic hydroxyl groups is 1. The number of methoxy groups -OCH3 is 1. The first-order chi connectivity index (χ1) is 9.56. The average Bonchev–Trinajstić information content (AvgIpc) is 2.43. The molecule has 5 nitrogen and oxygen atoms in total. The van der Waals surface area contributed by atoms with Crippen molar-refractivity contribution in [3.05, 3.63) is 39.9 Å². The van der Waals surface area contributed by atoms with E-state index < -0.39 is 11.4 Å². The third-order valence-corrected chi connectivity index (χ3v) is 2.92. The second-order valence-corrected chi connectivity index (χ2v) is 4.32. The van der Waals surface area contributed by atoms with Gasteiger partial charge in [0.25, 0.3) is 5.56 Å². The number of nitrogens with one attached hydrogen (secondary N) is 1. The van der Waals surface area contributed by atoms with Crippen LogP contribution < -0.4 is 10.3 Å². The number of halogens is 1. The van der Waals surface area contributed by atoms with Gasteiger partial charge < -0.3 is 14.8 Å². The molecule has 2 rings (SSSR count). The number of aromatic nitrogens is 2. The first kappa shape index (κ1) is 14.0. The van der Waals surface area contributed by atoms with E-state index in [2.05, 4.69) is 9.97 Å². The summed E-state index contributed by atoms with van der Waals surface area (Å²) in [6.07, 6.45) is 1.17. The van der Waals surface area contributed by atoms with Crippen molar-refractivity contribution in [2.75, 3.05) is 7.11 Å². The van der Waals surface area contributed by atoms with E-state index >= 15 is 0 Å². The van der Waals surface area contributed by atoms with Crippen LogP contribution in [0.5, 0.6) is 11.6 Å². The van der Waals surface area contributed by atoms with Gasteiger partial charge >= 0.3 is 0 Å². The maximum Gasteiger partial charge on any atom is 0.258 e. The van der Waals surface area contributed by atoms with Crippen LogP contribution in [0.2, 0.25) is 0 Å². The Hall–Kier alpha value is -2.37. The zero-order chi connectivity index (χ0) is 14.7. The molecule has 2 aromatic rings. The minimum Gasteiger partial charge on any atom is -0.494 e. The summed E-state index contributed by atoms with van der Waals surface area (Å²) >= 11 is 0. The first-order valence-electron chi connectivity index (χ1n) is 6.22. The van der Waals surface area contributed by atoms with E-state index in [0.717, 1.165) is 6.42 Å². The minimum atomic E-state index is -0.509. The summed E-state index contributed by atoms with van der Waals surface area (Å²) in [5, 5.41) is 9.81. The first-order valence-corrected chi connectivity index (χ1v) is 6.22. The van der Waals surface area contributed by atoms with Gasteiger partial charge in [0, 0.05) is 5.56 Å². The van der Waals surface area contributed by atoms with Crippen LogP contribution in [0.1, 0.15) is 18.9 Å². The Morgan fingerprint density at radius 3 is 2.80 bits per heavy atom. The maximum atomic E-state index is 13.3. The highest BCUT2D eigenvalue weighted by molar-refractivity contribution is 5.58. The highest BCUT2D eigenvalue weighted by Crippen LogP contribution is 2.25. The molecule has 0 unspecified atom stereocenters. The lowest BCUT2D eigenvalue weighted by molar-refractivity contribution is 0.386. The molecule has 0 saturated heterocycles. The zero-order valence-electron chi connectivity index (χ0n) is 11.2. The highest BCUT2D eigenvalue weighted by atomic mass is 19.1. The molecule has 20 heavy (non-hydrogen) atoms. The quantitative estimate of drug-likeness (QED) is 0.899. The van der Waals surface area contributed by atoms with Crippen LogP contribution in [0, 0.1) is 5.82 Å². The molecule has 0 saturated carbocycles. The van der Waals surface area contributed by atoms with Crippen LogP contribution in [0.25, 0.3) is 11.4 Å². The Morgan fingerprint density at radius 2 is 2.20 bits per heavy atom. The van der Waals surface area contributed by atoms with Gasteiger partial charge in [-0.2, -0.15) is 4.98 Å². The number of H-pyrrole nitrogens is 1. The van der Waals surface area contributed by atoms with Gasteiger partial charge in [0.05, 0.1) is 12.7 Å². The van der Waals surface area contributed by atoms with Gasteiger partial charge in [0.1, 0.15) is 5.82 Å². The van der Waals surface area contributed by atoms with Gasteiger partial charge in [-0.3, -0.25) is 4.79 Å². The summed E-state index contributed by atoms with van der Waals surface area (Å²) in [6.45, 7) is 1.90. The predicted octanol–water partition coefficient (Wildman–Crippen LogP) is 2.24. The number of hydrogen-bond acceptors (Lipinski definition) is 4. The van der Waals surface area contributed by atoms with Crippen molar-refractivity contribution < 1.29 is 14.2 Å². The molecular weight excluding hydrogens is 263 g/mol. The molecular formula is C14H15FN2O3. The Kier molecular flexibility index (Phi) is 4.02. The second kappa shape index (κ2) is 5.73. The fraction of sp³-hybridized carbons (Fsp3) is 0.286. The van der Waals surface area contributed by atoms with E-state index in [1.54, 1.807) is 0 Å². The summed E-state index contributed by atoms with van der Waals surface area (Å²) in [7, 11) is 1.35. The monoisotopic (exact) mass is 278 g/mol. The molecule has 0 aliphatic carbocycles. The van der Waals surface area contributed by atoms with Crippen LogP contribution in [-0.2, 0) is 6.42 Å². The van der Waals surface area contributed by atoms with Crippen molar-refractivity contribution in [1.82, 2.24) is 9.97 Å². The third-order valence-electron chi connectivity index (χ3n) is 2.92. The maximum absolute atomic E-state index is 13.3. The number of ether oxygens (including phenoxy) is 1. The van der Waals surface area contributed by atoms with Crippen molar-refractivity contribution in [1.29, 1.82) is 0 Å². The molecule has 0 fully saturated rings. The largest absolute Gasteiger partial charge is 0.494 e. The lowest BCUT2D eigenvalue weighted by atomic mass is 10.1. The van der Waals surface area contributed by atoms with Gasteiger partial charge in [-0.15, -0.1) is 0 Å². The molecule has 1 aromatic heterocycles. The second-order valence-electron chi connectivity index (χ2n) is 4.32. The van der Waals surface area contributed by atoms with Crippen LogP contribution >= 0.6 is 0 Å². The average molecular weight is 278 g/mol. The fourth-order valence-corrected chi connectivity index (χ4v) is 1.91. The topological polar surface area (TPSA) is 75.2 Å². The summed E-state index contributed by atoms with van der Waals surface area (Å²) in [5.41, 5.74) is 0.321. The van der Waals surface area contributed by atoms with Gasteiger partial charge in [0.15, 0.2) is 11.6 Å². The smallest absolute Gasteiger partial charge is 0.258 e. The number of rotatable bonds is 4. The molecule has 6 heteroatoms. The van der Waals surface area contributed by atoms with E-state index in [0.29, 0.717) is 12.0 Å². The molecule has 0 amide bonds. The summed E-state index contributed by atoms with van der Waals surface area (Å²) in [5.74, 6) is -0.591. The molecule has 106 valence electrons. The lowest BCUT2D eigenvalue weighted by Crippen LogP contribution is -2.15. The third kappa shape index (κ3) is 2.64.